The summed E-state index contributed by atoms with van der Waals surface area (Å²) in [7, 11) is 0. The van der Waals surface area contributed by atoms with E-state index < -0.39 is 0 Å². The van der Waals surface area contributed by atoms with Crippen molar-refractivity contribution in [1.29, 1.82) is 0 Å². The van der Waals surface area contributed by atoms with Crippen LogP contribution >= 0.6 is 0 Å². The van der Waals surface area contributed by atoms with E-state index in [-0.39, 0.29) is 18.1 Å². The first-order valence-electron chi connectivity index (χ1n) is 8.74. The second-order valence-electron chi connectivity index (χ2n) is 7.37. The van der Waals surface area contributed by atoms with Crippen LogP contribution in [0.15, 0.2) is 0 Å². The summed E-state index contributed by atoms with van der Waals surface area (Å²) in [6.07, 6.45) is 5.15. The van der Waals surface area contributed by atoms with E-state index >= 15 is 0 Å². The fraction of sp³-hybridized carbons (Fsp3) is 0.941. The zero-order valence-electron chi connectivity index (χ0n) is 13.7. The number of nitrogens with zero attached hydrogens (tertiary/aromatic N) is 1. The van der Waals surface area contributed by atoms with Crippen molar-refractivity contribution in [1.82, 2.24) is 10.2 Å². The smallest absolute Gasteiger partial charge is 0.228 e. The van der Waals surface area contributed by atoms with Crippen LogP contribution in [0, 0.1) is 17.8 Å². The van der Waals surface area contributed by atoms with Crippen LogP contribution in [0.25, 0.3) is 0 Å². The molecule has 2 heterocycles. The Morgan fingerprint density at radius 2 is 1.95 bits per heavy atom. The molecule has 0 aromatic heterocycles. The molecule has 1 saturated carbocycles. The van der Waals surface area contributed by atoms with Gasteiger partial charge in [0.15, 0.2) is 0 Å². The van der Waals surface area contributed by atoms with E-state index in [9.17, 15) is 4.79 Å². The van der Waals surface area contributed by atoms with E-state index in [0.717, 1.165) is 19.6 Å². The lowest BCUT2D eigenvalue weighted by molar-refractivity contribution is -0.139. The molecule has 120 valence electrons. The van der Waals surface area contributed by atoms with Gasteiger partial charge in [0.1, 0.15) is 0 Å². The normalized spacial score (nSPS) is 40.2. The number of hydrogen-bond acceptors (Lipinski definition) is 3. The average molecular weight is 294 g/mol. The Morgan fingerprint density at radius 1 is 1.19 bits per heavy atom. The van der Waals surface area contributed by atoms with Gasteiger partial charge in [-0.15, -0.1) is 0 Å². The Kier molecular flexibility index (Phi) is 4.55. The zero-order valence-corrected chi connectivity index (χ0v) is 13.7. The first kappa shape index (κ1) is 15.3. The quantitative estimate of drug-likeness (QED) is 0.862. The van der Waals surface area contributed by atoms with Crippen molar-refractivity contribution in [3.05, 3.63) is 0 Å². The summed E-state index contributed by atoms with van der Waals surface area (Å²) in [4.78, 5) is 15.3. The first-order valence-corrected chi connectivity index (χ1v) is 8.74. The SMILES string of the molecule is CC1OC(C)C(C(=O)N(CC2CCCNC2)C2CC2)C1C. The molecule has 5 atom stereocenters. The summed E-state index contributed by atoms with van der Waals surface area (Å²) in [6.45, 7) is 9.48. The summed E-state index contributed by atoms with van der Waals surface area (Å²) < 4.78 is 5.89. The molecule has 3 rings (SSSR count). The van der Waals surface area contributed by atoms with E-state index in [4.69, 9.17) is 4.74 Å². The minimum atomic E-state index is 0.0529. The molecule has 0 aromatic rings. The summed E-state index contributed by atoms with van der Waals surface area (Å²) in [6, 6.07) is 0.509. The van der Waals surface area contributed by atoms with Crippen molar-refractivity contribution in [2.24, 2.45) is 17.8 Å². The van der Waals surface area contributed by atoms with Crippen molar-refractivity contribution in [2.45, 2.75) is 64.7 Å². The molecule has 5 unspecified atom stereocenters. The van der Waals surface area contributed by atoms with Gasteiger partial charge in [-0.05, 0) is 64.5 Å². The third-order valence-corrected chi connectivity index (χ3v) is 5.65. The van der Waals surface area contributed by atoms with Gasteiger partial charge in [0.25, 0.3) is 0 Å². The van der Waals surface area contributed by atoms with Gasteiger partial charge >= 0.3 is 0 Å². The van der Waals surface area contributed by atoms with Crippen LogP contribution < -0.4 is 5.32 Å². The minimum absolute atomic E-state index is 0.0529. The average Bonchev–Trinajstić information content (AvgIpc) is 3.26. The Balaban J connectivity index is 1.67. The maximum Gasteiger partial charge on any atom is 0.228 e. The summed E-state index contributed by atoms with van der Waals surface area (Å²) in [5, 5.41) is 3.47. The van der Waals surface area contributed by atoms with E-state index in [1.165, 1.54) is 25.7 Å². The molecule has 1 aliphatic carbocycles. The van der Waals surface area contributed by atoms with Gasteiger partial charge < -0.3 is 15.0 Å². The monoisotopic (exact) mass is 294 g/mol. The van der Waals surface area contributed by atoms with Gasteiger partial charge in [0.05, 0.1) is 18.1 Å². The van der Waals surface area contributed by atoms with Crippen LogP contribution in [0.4, 0.5) is 0 Å². The molecule has 0 radical (unpaired) electrons. The Hall–Kier alpha value is -0.610. The molecule has 0 aromatic carbocycles. The van der Waals surface area contributed by atoms with Gasteiger partial charge in [-0.1, -0.05) is 6.92 Å². The lowest BCUT2D eigenvalue weighted by Crippen LogP contribution is -2.46. The van der Waals surface area contributed by atoms with Gasteiger partial charge in [0.2, 0.25) is 5.91 Å². The number of hydrogen-bond donors (Lipinski definition) is 1. The molecular formula is C17H30N2O2. The predicted molar refractivity (Wildman–Crippen MR) is 83.0 cm³/mol. The number of carbonyl (C=O) groups is 1. The molecule has 2 aliphatic heterocycles. The first-order chi connectivity index (χ1) is 10.1. The van der Waals surface area contributed by atoms with E-state index in [0.29, 0.717) is 23.8 Å². The summed E-state index contributed by atoms with van der Waals surface area (Å²) >= 11 is 0. The molecule has 0 bridgehead atoms. The molecule has 3 aliphatic rings. The zero-order chi connectivity index (χ0) is 15.0. The van der Waals surface area contributed by atoms with Crippen molar-refractivity contribution < 1.29 is 9.53 Å². The number of nitrogens with one attached hydrogen (secondary N) is 1. The predicted octanol–water partition coefficient (Wildman–Crippen LogP) is 2.04. The van der Waals surface area contributed by atoms with Crippen LogP contribution in [-0.4, -0.2) is 48.7 Å². The van der Waals surface area contributed by atoms with Crippen LogP contribution in [0.1, 0.15) is 46.5 Å². The highest BCUT2D eigenvalue weighted by molar-refractivity contribution is 5.80. The molecule has 4 nitrogen and oxygen atoms in total. The van der Waals surface area contributed by atoms with Crippen LogP contribution in [0.3, 0.4) is 0 Å². The summed E-state index contributed by atoms with van der Waals surface area (Å²) in [5.74, 6) is 1.37. The fourth-order valence-corrected chi connectivity index (χ4v) is 4.05. The maximum atomic E-state index is 13.1. The number of piperidine rings is 1. The highest BCUT2D eigenvalue weighted by atomic mass is 16.5. The lowest BCUT2D eigenvalue weighted by Gasteiger charge is -2.33. The van der Waals surface area contributed by atoms with E-state index in [1.807, 2.05) is 0 Å². The van der Waals surface area contributed by atoms with Crippen LogP contribution in [0.5, 0.6) is 0 Å². The van der Waals surface area contributed by atoms with Crippen molar-refractivity contribution in [2.75, 3.05) is 19.6 Å². The Bertz CT molecular complexity index is 377. The Morgan fingerprint density at radius 3 is 2.48 bits per heavy atom. The highest BCUT2D eigenvalue weighted by Gasteiger charge is 2.46. The fourth-order valence-electron chi connectivity index (χ4n) is 4.05. The molecule has 0 spiro atoms. The van der Waals surface area contributed by atoms with Gasteiger partial charge in [-0.2, -0.15) is 0 Å². The van der Waals surface area contributed by atoms with Crippen molar-refractivity contribution in [3.8, 4) is 0 Å². The highest BCUT2D eigenvalue weighted by Crippen LogP contribution is 2.37. The Labute approximate surface area is 128 Å². The van der Waals surface area contributed by atoms with Crippen LogP contribution in [-0.2, 0) is 9.53 Å². The number of ether oxygens (including phenoxy) is 1. The largest absolute Gasteiger partial charge is 0.374 e. The number of rotatable bonds is 4. The van der Waals surface area contributed by atoms with Gasteiger partial charge in [0, 0.05) is 12.6 Å². The molecule has 1 N–H and O–H groups in total. The van der Waals surface area contributed by atoms with Gasteiger partial charge in [-0.3, -0.25) is 4.79 Å². The third kappa shape index (κ3) is 3.26. The van der Waals surface area contributed by atoms with E-state index in [2.05, 4.69) is 31.0 Å². The second-order valence-corrected chi connectivity index (χ2v) is 7.37. The maximum absolute atomic E-state index is 13.1. The lowest BCUT2D eigenvalue weighted by atomic mass is 9.87. The van der Waals surface area contributed by atoms with Gasteiger partial charge in [-0.25, -0.2) is 0 Å². The number of carbonyl (C=O) groups excluding carboxylic acids is 1. The van der Waals surface area contributed by atoms with Crippen molar-refractivity contribution >= 4 is 5.91 Å². The topological polar surface area (TPSA) is 41.6 Å². The second kappa shape index (κ2) is 6.25. The standard InChI is InChI=1S/C17H30N2O2/c1-11-12(2)21-13(3)16(11)17(20)19(15-6-7-15)10-14-5-4-8-18-9-14/h11-16,18H,4-10H2,1-3H3. The molecule has 21 heavy (non-hydrogen) atoms. The molecule has 3 fully saturated rings. The molecular weight excluding hydrogens is 264 g/mol. The third-order valence-electron chi connectivity index (χ3n) is 5.65. The number of amides is 1. The summed E-state index contributed by atoms with van der Waals surface area (Å²) in [5.41, 5.74) is 0. The molecule has 4 heteroatoms. The molecule has 2 saturated heterocycles. The van der Waals surface area contributed by atoms with Crippen molar-refractivity contribution in [3.63, 3.8) is 0 Å². The minimum Gasteiger partial charge on any atom is -0.374 e. The molecule has 1 amide bonds. The van der Waals surface area contributed by atoms with Crippen LogP contribution in [0.2, 0.25) is 0 Å². The van der Waals surface area contributed by atoms with E-state index in [1.54, 1.807) is 0 Å².